The molecule has 0 bridgehead atoms. The molecule has 0 unspecified atom stereocenters. The Hall–Kier alpha value is -0.955. The SMILES string of the molecule is CCON1C=CN(OCC)C1.F[B-](F)(F)F. The Morgan fingerprint density at radius 1 is 1.00 bits per heavy atom. The minimum atomic E-state index is -6.00. The van der Waals surface area contributed by atoms with Crippen LogP contribution in [-0.2, 0) is 9.68 Å². The van der Waals surface area contributed by atoms with Gasteiger partial charge in [-0.05, 0) is 13.8 Å². The van der Waals surface area contributed by atoms with Gasteiger partial charge in [0.2, 0.25) is 0 Å². The third-order valence-corrected chi connectivity index (χ3v) is 1.27. The second-order valence-electron chi connectivity index (χ2n) is 2.60. The smallest absolute Gasteiger partial charge is 0.418 e. The van der Waals surface area contributed by atoms with Crippen LogP contribution in [0.3, 0.4) is 0 Å². The summed E-state index contributed by atoms with van der Waals surface area (Å²) in [6.07, 6.45) is 3.69. The van der Waals surface area contributed by atoms with Crippen LogP contribution in [0.15, 0.2) is 12.4 Å². The number of hydrogen-bond donors (Lipinski definition) is 0. The van der Waals surface area contributed by atoms with Crippen molar-refractivity contribution in [2.75, 3.05) is 19.9 Å². The number of nitrogens with zero attached hydrogens (tertiary/aromatic N) is 2. The Balaban J connectivity index is 0.000000385. The highest BCUT2D eigenvalue weighted by Gasteiger charge is 2.20. The average Bonchev–Trinajstić information content (AvgIpc) is 2.51. The van der Waals surface area contributed by atoms with E-state index in [0.717, 1.165) is 0 Å². The first kappa shape index (κ1) is 15.0. The molecule has 9 heteroatoms. The lowest BCUT2D eigenvalue weighted by molar-refractivity contribution is -0.191. The minimum absolute atomic E-state index is 0.654. The van der Waals surface area contributed by atoms with Crippen LogP contribution in [0, 0.1) is 0 Å². The summed E-state index contributed by atoms with van der Waals surface area (Å²) in [6.45, 7) is 5.94. The topological polar surface area (TPSA) is 24.9 Å². The lowest BCUT2D eigenvalue weighted by Crippen LogP contribution is -2.25. The highest BCUT2D eigenvalue weighted by molar-refractivity contribution is 6.50. The average molecular weight is 245 g/mol. The molecule has 1 aliphatic heterocycles. The van der Waals surface area contributed by atoms with Gasteiger partial charge in [0.1, 0.15) is 6.67 Å². The Bertz CT molecular complexity index is 195. The Morgan fingerprint density at radius 3 is 1.56 bits per heavy atom. The van der Waals surface area contributed by atoms with E-state index in [2.05, 4.69) is 0 Å². The molecule has 4 nitrogen and oxygen atoms in total. The van der Waals surface area contributed by atoms with Crippen LogP contribution in [0.4, 0.5) is 17.3 Å². The van der Waals surface area contributed by atoms with Crippen molar-refractivity contribution in [2.45, 2.75) is 13.8 Å². The van der Waals surface area contributed by atoms with Crippen LogP contribution in [-0.4, -0.2) is 37.3 Å². The van der Waals surface area contributed by atoms with Gasteiger partial charge in [0, 0.05) is 12.4 Å². The van der Waals surface area contributed by atoms with Crippen molar-refractivity contribution in [3.63, 3.8) is 0 Å². The summed E-state index contributed by atoms with van der Waals surface area (Å²) in [7, 11) is -6.00. The van der Waals surface area contributed by atoms with Crippen molar-refractivity contribution in [2.24, 2.45) is 0 Å². The molecule has 0 aliphatic carbocycles. The van der Waals surface area contributed by atoms with Gasteiger partial charge in [-0.25, -0.2) is 10.1 Å². The summed E-state index contributed by atoms with van der Waals surface area (Å²) in [6, 6.07) is 0. The van der Waals surface area contributed by atoms with E-state index in [0.29, 0.717) is 19.9 Å². The van der Waals surface area contributed by atoms with Gasteiger partial charge in [0.15, 0.2) is 0 Å². The molecule has 0 fully saturated rings. The van der Waals surface area contributed by atoms with E-state index in [9.17, 15) is 17.3 Å². The quantitative estimate of drug-likeness (QED) is 0.560. The molecule has 0 aromatic heterocycles. The Kier molecular flexibility index (Phi) is 6.90. The monoisotopic (exact) mass is 245 g/mol. The van der Waals surface area contributed by atoms with E-state index in [1.165, 1.54) is 0 Å². The number of hydroxylamine groups is 4. The predicted molar refractivity (Wildman–Crippen MR) is 51.1 cm³/mol. The van der Waals surface area contributed by atoms with Crippen molar-refractivity contribution in [1.29, 1.82) is 0 Å². The predicted octanol–water partition coefficient (Wildman–Crippen LogP) is 2.24. The van der Waals surface area contributed by atoms with Gasteiger partial charge in [-0.3, -0.25) is 9.68 Å². The second kappa shape index (κ2) is 7.34. The first-order valence-corrected chi connectivity index (χ1v) is 4.71. The van der Waals surface area contributed by atoms with E-state index < -0.39 is 7.25 Å². The van der Waals surface area contributed by atoms with Crippen LogP contribution in [0.25, 0.3) is 0 Å². The lowest BCUT2D eigenvalue weighted by atomic mass is 10.3. The number of rotatable bonds is 4. The third-order valence-electron chi connectivity index (χ3n) is 1.27. The maximum Gasteiger partial charge on any atom is 0.673 e. The van der Waals surface area contributed by atoms with Crippen molar-refractivity contribution >= 4 is 7.25 Å². The molecular weight excluding hydrogens is 231 g/mol. The molecule has 0 atom stereocenters. The van der Waals surface area contributed by atoms with Gasteiger partial charge in [0.25, 0.3) is 0 Å². The van der Waals surface area contributed by atoms with Gasteiger partial charge >= 0.3 is 7.25 Å². The lowest BCUT2D eigenvalue weighted by Gasteiger charge is -2.18. The standard InChI is InChI=1S/C7H14N2O2.BF4/c1-3-10-8-5-6-9(7-8)11-4-2;2-1(3,4)5/h5-6H,3-4,7H2,1-2H3;/q;-1. The van der Waals surface area contributed by atoms with E-state index in [-0.39, 0.29) is 0 Å². The van der Waals surface area contributed by atoms with E-state index in [1.54, 1.807) is 10.1 Å². The summed E-state index contributed by atoms with van der Waals surface area (Å²) in [5.41, 5.74) is 0. The molecule has 0 saturated heterocycles. The highest BCUT2D eigenvalue weighted by atomic mass is 19.5. The van der Waals surface area contributed by atoms with Gasteiger partial charge in [-0.15, -0.1) is 0 Å². The zero-order valence-electron chi connectivity index (χ0n) is 9.08. The minimum Gasteiger partial charge on any atom is -0.418 e. The molecule has 0 N–H and O–H groups in total. The third kappa shape index (κ3) is 9.59. The van der Waals surface area contributed by atoms with Crippen molar-refractivity contribution < 1.29 is 26.9 Å². The zero-order valence-corrected chi connectivity index (χ0v) is 9.08. The van der Waals surface area contributed by atoms with Crippen molar-refractivity contribution in [3.05, 3.63) is 12.4 Å². The molecule has 96 valence electrons. The van der Waals surface area contributed by atoms with Crippen molar-refractivity contribution in [1.82, 2.24) is 10.1 Å². The fourth-order valence-electron chi connectivity index (χ4n) is 0.880. The largest absolute Gasteiger partial charge is 0.673 e. The van der Waals surface area contributed by atoms with Gasteiger partial charge in [-0.1, -0.05) is 0 Å². The van der Waals surface area contributed by atoms with E-state index >= 15 is 0 Å². The fraction of sp³-hybridized carbons (Fsp3) is 0.714. The molecule has 0 radical (unpaired) electrons. The molecule has 0 saturated carbocycles. The van der Waals surface area contributed by atoms with Crippen LogP contribution in [0.5, 0.6) is 0 Å². The molecule has 0 spiro atoms. The fourth-order valence-corrected chi connectivity index (χ4v) is 0.880. The molecule has 0 aromatic rings. The highest BCUT2D eigenvalue weighted by Crippen LogP contribution is 2.07. The molecule has 0 aromatic carbocycles. The number of hydrogen-bond acceptors (Lipinski definition) is 4. The van der Waals surface area contributed by atoms with E-state index in [4.69, 9.17) is 9.68 Å². The summed E-state index contributed by atoms with van der Waals surface area (Å²) < 4.78 is 39.0. The zero-order chi connectivity index (χ0) is 12.6. The van der Waals surface area contributed by atoms with Crippen LogP contribution in [0.2, 0.25) is 0 Å². The second-order valence-corrected chi connectivity index (χ2v) is 2.60. The van der Waals surface area contributed by atoms with E-state index in [1.807, 2.05) is 26.2 Å². The van der Waals surface area contributed by atoms with Gasteiger partial charge in [0.05, 0.1) is 13.2 Å². The normalized spacial score (nSPS) is 15.1. The summed E-state index contributed by atoms with van der Waals surface area (Å²) in [5, 5.41) is 3.46. The van der Waals surface area contributed by atoms with Crippen LogP contribution >= 0.6 is 0 Å². The first-order valence-electron chi connectivity index (χ1n) is 4.71. The Morgan fingerprint density at radius 2 is 1.31 bits per heavy atom. The first-order chi connectivity index (χ1) is 7.36. The molecule has 16 heavy (non-hydrogen) atoms. The van der Waals surface area contributed by atoms with Gasteiger partial charge < -0.3 is 17.3 Å². The Labute approximate surface area is 91.4 Å². The molecule has 1 rings (SSSR count). The summed E-state index contributed by atoms with van der Waals surface area (Å²) >= 11 is 0. The maximum atomic E-state index is 9.75. The molecule has 1 heterocycles. The maximum absolute atomic E-state index is 9.75. The molecule has 0 amide bonds. The summed E-state index contributed by atoms with van der Waals surface area (Å²) in [5.74, 6) is 0. The molecular formula is C7H14BF4N2O2-. The molecule has 1 aliphatic rings. The van der Waals surface area contributed by atoms with Gasteiger partial charge in [-0.2, -0.15) is 0 Å². The van der Waals surface area contributed by atoms with Crippen molar-refractivity contribution in [3.8, 4) is 0 Å². The van der Waals surface area contributed by atoms with Crippen LogP contribution < -0.4 is 0 Å². The van der Waals surface area contributed by atoms with Crippen LogP contribution in [0.1, 0.15) is 13.8 Å². The number of halogens is 4. The summed E-state index contributed by atoms with van der Waals surface area (Å²) in [4.78, 5) is 10.4.